The predicted octanol–water partition coefficient (Wildman–Crippen LogP) is 3.90. The summed E-state index contributed by atoms with van der Waals surface area (Å²) >= 11 is 3.60. The summed E-state index contributed by atoms with van der Waals surface area (Å²) in [7, 11) is 0. The number of benzene rings is 1. The SMILES string of the molecule is CC1(CNCc2ccc(Br)c3cccnc23)CCOCC1. The molecular formula is C17H21BrN2O. The lowest BCUT2D eigenvalue weighted by atomic mass is 9.82. The van der Waals surface area contributed by atoms with Crippen LogP contribution in [-0.2, 0) is 11.3 Å². The fourth-order valence-electron chi connectivity index (χ4n) is 2.88. The summed E-state index contributed by atoms with van der Waals surface area (Å²) in [6.07, 6.45) is 4.14. The van der Waals surface area contributed by atoms with Crippen molar-refractivity contribution >= 4 is 26.8 Å². The van der Waals surface area contributed by atoms with Gasteiger partial charge in [-0.25, -0.2) is 0 Å². The standard InChI is InChI=1S/C17H21BrN2O/c1-17(6-9-21-10-7-17)12-19-11-13-4-5-15(18)14-3-2-8-20-16(13)14/h2-5,8,19H,6-7,9-12H2,1H3. The first-order valence-electron chi connectivity index (χ1n) is 7.49. The Kier molecular flexibility index (Phi) is 4.57. The van der Waals surface area contributed by atoms with Gasteiger partial charge in [-0.2, -0.15) is 0 Å². The number of aromatic nitrogens is 1. The van der Waals surface area contributed by atoms with E-state index in [2.05, 4.69) is 51.4 Å². The average molecular weight is 349 g/mol. The Balaban J connectivity index is 1.69. The lowest BCUT2D eigenvalue weighted by molar-refractivity contribution is 0.0240. The lowest BCUT2D eigenvalue weighted by Gasteiger charge is -2.33. The van der Waals surface area contributed by atoms with Crippen LogP contribution in [-0.4, -0.2) is 24.7 Å². The van der Waals surface area contributed by atoms with Gasteiger partial charge in [0.2, 0.25) is 0 Å². The Bertz CT molecular complexity index is 623. The van der Waals surface area contributed by atoms with Crippen molar-refractivity contribution in [3.05, 3.63) is 40.5 Å². The van der Waals surface area contributed by atoms with E-state index < -0.39 is 0 Å². The molecule has 1 aliphatic rings. The fourth-order valence-corrected chi connectivity index (χ4v) is 3.33. The maximum absolute atomic E-state index is 5.46. The van der Waals surface area contributed by atoms with Crippen molar-refractivity contribution in [2.24, 2.45) is 5.41 Å². The van der Waals surface area contributed by atoms with Gasteiger partial charge in [0.05, 0.1) is 5.52 Å². The number of fused-ring (bicyclic) bond motifs is 1. The highest BCUT2D eigenvalue weighted by Crippen LogP contribution is 2.29. The third-order valence-corrected chi connectivity index (χ3v) is 5.06. The fraction of sp³-hybridized carbons (Fsp3) is 0.471. The number of nitrogens with zero attached hydrogens (tertiary/aromatic N) is 1. The first-order valence-corrected chi connectivity index (χ1v) is 8.28. The van der Waals surface area contributed by atoms with E-state index in [-0.39, 0.29) is 0 Å². The van der Waals surface area contributed by atoms with Crippen LogP contribution in [0.3, 0.4) is 0 Å². The highest BCUT2D eigenvalue weighted by molar-refractivity contribution is 9.10. The topological polar surface area (TPSA) is 34.2 Å². The molecule has 1 aromatic heterocycles. The van der Waals surface area contributed by atoms with Gasteiger partial charge >= 0.3 is 0 Å². The van der Waals surface area contributed by atoms with Crippen LogP contribution in [0.5, 0.6) is 0 Å². The van der Waals surface area contributed by atoms with E-state index in [4.69, 9.17) is 4.74 Å². The van der Waals surface area contributed by atoms with E-state index >= 15 is 0 Å². The van der Waals surface area contributed by atoms with Crippen LogP contribution in [0, 0.1) is 5.41 Å². The smallest absolute Gasteiger partial charge is 0.0758 e. The number of rotatable bonds is 4. The van der Waals surface area contributed by atoms with Gasteiger partial charge in [-0.3, -0.25) is 4.98 Å². The minimum absolute atomic E-state index is 0.358. The summed E-state index contributed by atoms with van der Waals surface area (Å²) in [5, 5.41) is 4.79. The summed E-state index contributed by atoms with van der Waals surface area (Å²) in [6, 6.07) is 8.35. The zero-order chi connectivity index (χ0) is 14.7. The van der Waals surface area contributed by atoms with E-state index in [1.54, 1.807) is 0 Å². The quantitative estimate of drug-likeness (QED) is 0.909. The number of pyridine rings is 1. The molecule has 1 saturated heterocycles. The van der Waals surface area contributed by atoms with Crippen LogP contribution in [0.1, 0.15) is 25.3 Å². The van der Waals surface area contributed by atoms with Crippen LogP contribution >= 0.6 is 15.9 Å². The first-order chi connectivity index (χ1) is 10.2. The van der Waals surface area contributed by atoms with Gasteiger partial charge in [0.15, 0.2) is 0 Å². The molecule has 21 heavy (non-hydrogen) atoms. The number of ether oxygens (including phenoxy) is 1. The van der Waals surface area contributed by atoms with E-state index in [0.29, 0.717) is 5.41 Å². The highest BCUT2D eigenvalue weighted by Gasteiger charge is 2.26. The number of hydrogen-bond acceptors (Lipinski definition) is 3. The maximum atomic E-state index is 5.46. The summed E-state index contributed by atoms with van der Waals surface area (Å²) in [4.78, 5) is 4.53. The van der Waals surface area contributed by atoms with Crippen molar-refractivity contribution < 1.29 is 4.74 Å². The number of halogens is 1. The highest BCUT2D eigenvalue weighted by atomic mass is 79.9. The zero-order valence-electron chi connectivity index (χ0n) is 12.4. The summed E-state index contributed by atoms with van der Waals surface area (Å²) < 4.78 is 6.56. The molecule has 0 saturated carbocycles. The molecule has 1 aromatic carbocycles. The summed E-state index contributed by atoms with van der Waals surface area (Å²) in [5.74, 6) is 0. The van der Waals surface area contributed by atoms with Crippen LogP contribution in [0.2, 0.25) is 0 Å². The van der Waals surface area contributed by atoms with Gasteiger partial charge in [0.25, 0.3) is 0 Å². The van der Waals surface area contributed by atoms with Gasteiger partial charge in [-0.15, -0.1) is 0 Å². The Labute approximate surface area is 134 Å². The monoisotopic (exact) mass is 348 g/mol. The molecule has 1 aliphatic heterocycles. The van der Waals surface area contributed by atoms with Gasteiger partial charge in [0.1, 0.15) is 0 Å². The zero-order valence-corrected chi connectivity index (χ0v) is 13.9. The molecule has 0 aliphatic carbocycles. The van der Waals surface area contributed by atoms with Crippen molar-refractivity contribution in [2.75, 3.05) is 19.8 Å². The van der Waals surface area contributed by atoms with Crippen molar-refractivity contribution in [2.45, 2.75) is 26.3 Å². The van der Waals surface area contributed by atoms with Crippen molar-refractivity contribution in [3.63, 3.8) is 0 Å². The third-order valence-electron chi connectivity index (χ3n) is 4.37. The van der Waals surface area contributed by atoms with Gasteiger partial charge < -0.3 is 10.1 Å². The summed E-state index contributed by atoms with van der Waals surface area (Å²) in [5.41, 5.74) is 2.69. The maximum Gasteiger partial charge on any atom is 0.0758 e. The Hall–Kier alpha value is -0.970. The molecule has 112 valence electrons. The minimum atomic E-state index is 0.358. The molecule has 4 heteroatoms. The van der Waals surface area contributed by atoms with Crippen molar-refractivity contribution in [1.82, 2.24) is 10.3 Å². The molecule has 3 nitrogen and oxygen atoms in total. The molecular weight excluding hydrogens is 328 g/mol. The van der Waals surface area contributed by atoms with Crippen LogP contribution in [0.15, 0.2) is 34.9 Å². The average Bonchev–Trinajstić information content (AvgIpc) is 2.50. The molecule has 0 bridgehead atoms. The number of nitrogens with one attached hydrogen (secondary N) is 1. The van der Waals surface area contributed by atoms with E-state index in [0.717, 1.165) is 49.1 Å². The third kappa shape index (κ3) is 3.44. The van der Waals surface area contributed by atoms with E-state index in [1.165, 1.54) is 10.9 Å². The first kappa shape index (κ1) is 14.9. The van der Waals surface area contributed by atoms with Crippen LogP contribution < -0.4 is 5.32 Å². The lowest BCUT2D eigenvalue weighted by Crippen LogP contribution is -2.36. The molecule has 3 rings (SSSR count). The second-order valence-electron chi connectivity index (χ2n) is 6.13. The second kappa shape index (κ2) is 6.42. The van der Waals surface area contributed by atoms with Crippen molar-refractivity contribution in [1.29, 1.82) is 0 Å². The predicted molar refractivity (Wildman–Crippen MR) is 89.3 cm³/mol. The van der Waals surface area contributed by atoms with Crippen LogP contribution in [0.25, 0.3) is 10.9 Å². The largest absolute Gasteiger partial charge is 0.381 e. The Morgan fingerprint density at radius 2 is 2.10 bits per heavy atom. The molecule has 1 N–H and O–H groups in total. The summed E-state index contributed by atoms with van der Waals surface area (Å²) in [6.45, 7) is 6.01. The van der Waals surface area contributed by atoms with Crippen LogP contribution in [0.4, 0.5) is 0 Å². The molecule has 1 fully saturated rings. The van der Waals surface area contributed by atoms with Crippen molar-refractivity contribution in [3.8, 4) is 0 Å². The van der Waals surface area contributed by atoms with Gasteiger partial charge in [0, 0.05) is 42.4 Å². The van der Waals surface area contributed by atoms with E-state index in [9.17, 15) is 0 Å². The second-order valence-corrected chi connectivity index (χ2v) is 6.99. The molecule has 0 atom stereocenters. The molecule has 2 aromatic rings. The number of hydrogen-bond donors (Lipinski definition) is 1. The normalized spacial score (nSPS) is 18.0. The minimum Gasteiger partial charge on any atom is -0.381 e. The molecule has 0 unspecified atom stereocenters. The molecule has 2 heterocycles. The Morgan fingerprint density at radius 1 is 1.29 bits per heavy atom. The van der Waals surface area contributed by atoms with E-state index in [1.807, 2.05) is 12.3 Å². The molecule has 0 radical (unpaired) electrons. The van der Waals surface area contributed by atoms with Gasteiger partial charge in [-0.05, 0) is 36.0 Å². The van der Waals surface area contributed by atoms with Gasteiger partial charge in [-0.1, -0.05) is 35.0 Å². The Morgan fingerprint density at radius 3 is 2.90 bits per heavy atom. The molecule has 0 amide bonds. The molecule has 0 spiro atoms.